The fourth-order valence-electron chi connectivity index (χ4n) is 2.59. The first kappa shape index (κ1) is 9.78. The zero-order chi connectivity index (χ0) is 9.97. The van der Waals surface area contributed by atoms with E-state index < -0.39 is 0 Å². The summed E-state index contributed by atoms with van der Waals surface area (Å²) in [6.07, 6.45) is 5.98. The number of hydrogen-bond acceptors (Lipinski definition) is 1. The Balaban J connectivity index is 2.09. The zero-order valence-electron chi connectivity index (χ0n) is 9.09. The highest BCUT2D eigenvalue weighted by Crippen LogP contribution is 2.36. The van der Waals surface area contributed by atoms with Gasteiger partial charge >= 0.3 is 0 Å². The number of aromatic amines is 1. The predicted octanol–water partition coefficient (Wildman–Crippen LogP) is 2.51. The topological polar surface area (TPSA) is 27.8 Å². The molecule has 3 atom stereocenters. The normalized spacial score (nSPS) is 33.1. The third kappa shape index (κ3) is 1.85. The van der Waals surface area contributed by atoms with Crippen LogP contribution in [0.2, 0.25) is 0 Å². The second-order valence-corrected chi connectivity index (χ2v) is 4.51. The van der Waals surface area contributed by atoms with Crippen LogP contribution in [0.25, 0.3) is 0 Å². The van der Waals surface area contributed by atoms with Gasteiger partial charge in [0.05, 0.1) is 0 Å². The Kier molecular flexibility index (Phi) is 2.92. The lowest BCUT2D eigenvalue weighted by molar-refractivity contribution is 0.274. The molecular formula is C12H20N2. The number of nitrogens with one attached hydrogen (secondary N) is 2. The third-order valence-electron chi connectivity index (χ3n) is 3.63. The van der Waals surface area contributed by atoms with Gasteiger partial charge in [-0.2, -0.15) is 0 Å². The maximum atomic E-state index is 3.40. The summed E-state index contributed by atoms with van der Waals surface area (Å²) in [6, 6.07) is 5.03. The molecule has 2 rings (SSSR count). The Bertz CT molecular complexity index is 266. The summed E-state index contributed by atoms with van der Waals surface area (Å²) >= 11 is 0. The highest BCUT2D eigenvalue weighted by molar-refractivity contribution is 5.12. The molecule has 1 saturated carbocycles. The molecule has 14 heavy (non-hydrogen) atoms. The summed E-state index contributed by atoms with van der Waals surface area (Å²) in [5.41, 5.74) is 1.41. The molecule has 3 unspecified atom stereocenters. The van der Waals surface area contributed by atoms with E-state index in [1.807, 2.05) is 6.20 Å². The first-order valence-electron chi connectivity index (χ1n) is 5.62. The molecule has 2 heteroatoms. The van der Waals surface area contributed by atoms with E-state index in [9.17, 15) is 0 Å². The lowest BCUT2D eigenvalue weighted by atomic mass is 9.76. The van der Waals surface area contributed by atoms with Gasteiger partial charge in [0.1, 0.15) is 0 Å². The van der Waals surface area contributed by atoms with E-state index in [-0.39, 0.29) is 0 Å². The molecule has 1 heterocycles. The van der Waals surface area contributed by atoms with Gasteiger partial charge in [-0.15, -0.1) is 0 Å². The molecule has 0 amide bonds. The van der Waals surface area contributed by atoms with Crippen LogP contribution in [0.4, 0.5) is 0 Å². The van der Waals surface area contributed by atoms with Crippen molar-refractivity contribution in [2.24, 2.45) is 5.92 Å². The largest absolute Gasteiger partial charge is 0.365 e. The lowest BCUT2D eigenvalue weighted by Gasteiger charge is -2.33. The minimum Gasteiger partial charge on any atom is -0.365 e. The van der Waals surface area contributed by atoms with Crippen molar-refractivity contribution in [3.8, 4) is 0 Å². The zero-order valence-corrected chi connectivity index (χ0v) is 9.09. The lowest BCUT2D eigenvalue weighted by Crippen LogP contribution is -2.33. The van der Waals surface area contributed by atoms with Crippen LogP contribution >= 0.6 is 0 Å². The molecule has 0 saturated heterocycles. The quantitative estimate of drug-likeness (QED) is 0.740. The van der Waals surface area contributed by atoms with E-state index in [4.69, 9.17) is 0 Å². The van der Waals surface area contributed by atoms with Crippen LogP contribution < -0.4 is 5.32 Å². The Morgan fingerprint density at radius 2 is 2.29 bits per heavy atom. The van der Waals surface area contributed by atoms with Gasteiger partial charge in [-0.25, -0.2) is 0 Å². The molecule has 0 spiro atoms. The fraction of sp³-hybridized carbons (Fsp3) is 0.667. The maximum Gasteiger partial charge on any atom is 0.0181 e. The van der Waals surface area contributed by atoms with Gasteiger partial charge in [0.25, 0.3) is 0 Å². The van der Waals surface area contributed by atoms with Crippen molar-refractivity contribution in [2.45, 2.75) is 38.1 Å². The number of rotatable bonds is 2. The second kappa shape index (κ2) is 4.18. The van der Waals surface area contributed by atoms with Crippen LogP contribution in [-0.4, -0.2) is 18.1 Å². The van der Waals surface area contributed by atoms with Crippen LogP contribution in [0.1, 0.15) is 37.8 Å². The average molecular weight is 192 g/mol. The summed E-state index contributed by atoms with van der Waals surface area (Å²) < 4.78 is 0. The Morgan fingerprint density at radius 3 is 2.93 bits per heavy atom. The van der Waals surface area contributed by atoms with Gasteiger partial charge in [-0.1, -0.05) is 6.92 Å². The molecule has 1 aliphatic carbocycles. The third-order valence-corrected chi connectivity index (χ3v) is 3.63. The molecular weight excluding hydrogens is 172 g/mol. The standard InChI is InChI=1S/C12H20N2/c1-9-5-6-10(13-2)8-11(9)12-4-3-7-14-12/h3-4,7,9-11,13-14H,5-6,8H2,1-2H3. The van der Waals surface area contributed by atoms with Crippen molar-refractivity contribution in [1.29, 1.82) is 0 Å². The number of hydrogen-bond donors (Lipinski definition) is 2. The number of H-pyrrole nitrogens is 1. The Labute approximate surface area is 86.1 Å². The molecule has 0 aliphatic heterocycles. The molecule has 1 aromatic rings. The van der Waals surface area contributed by atoms with E-state index in [0.717, 1.165) is 11.8 Å². The highest BCUT2D eigenvalue weighted by Gasteiger charge is 2.28. The second-order valence-electron chi connectivity index (χ2n) is 4.51. The van der Waals surface area contributed by atoms with Crippen molar-refractivity contribution in [3.05, 3.63) is 24.0 Å². The van der Waals surface area contributed by atoms with Crippen LogP contribution in [0.5, 0.6) is 0 Å². The number of aromatic nitrogens is 1. The summed E-state index contributed by atoms with van der Waals surface area (Å²) in [5.74, 6) is 1.54. The van der Waals surface area contributed by atoms with Crippen LogP contribution in [-0.2, 0) is 0 Å². The SMILES string of the molecule is CNC1CCC(C)C(c2ccc[nH]2)C1. The molecule has 78 valence electrons. The first-order chi connectivity index (χ1) is 6.81. The van der Waals surface area contributed by atoms with Crippen LogP contribution in [0.15, 0.2) is 18.3 Å². The van der Waals surface area contributed by atoms with Gasteiger partial charge < -0.3 is 10.3 Å². The van der Waals surface area contributed by atoms with E-state index >= 15 is 0 Å². The summed E-state index contributed by atoms with van der Waals surface area (Å²) in [6.45, 7) is 2.37. The molecule has 1 aromatic heterocycles. The molecule has 2 nitrogen and oxygen atoms in total. The molecule has 1 fully saturated rings. The van der Waals surface area contributed by atoms with Gasteiger partial charge in [-0.3, -0.25) is 0 Å². The van der Waals surface area contributed by atoms with Gasteiger partial charge in [0, 0.05) is 23.9 Å². The molecule has 0 radical (unpaired) electrons. The molecule has 2 N–H and O–H groups in total. The van der Waals surface area contributed by atoms with E-state index in [1.165, 1.54) is 25.0 Å². The van der Waals surface area contributed by atoms with Gasteiger partial charge in [-0.05, 0) is 44.4 Å². The van der Waals surface area contributed by atoms with Crippen LogP contribution in [0, 0.1) is 5.92 Å². The highest BCUT2D eigenvalue weighted by atomic mass is 14.9. The van der Waals surface area contributed by atoms with Gasteiger partial charge in [0.15, 0.2) is 0 Å². The van der Waals surface area contributed by atoms with Crippen molar-refractivity contribution < 1.29 is 0 Å². The summed E-state index contributed by atoms with van der Waals surface area (Å²) in [4.78, 5) is 3.35. The monoisotopic (exact) mass is 192 g/mol. The summed E-state index contributed by atoms with van der Waals surface area (Å²) in [5, 5.41) is 3.40. The minimum atomic E-state index is 0.708. The smallest absolute Gasteiger partial charge is 0.0181 e. The van der Waals surface area contributed by atoms with E-state index in [2.05, 4.69) is 36.4 Å². The predicted molar refractivity (Wildman–Crippen MR) is 59.4 cm³/mol. The van der Waals surface area contributed by atoms with Gasteiger partial charge in [0.2, 0.25) is 0 Å². The fourth-order valence-corrected chi connectivity index (χ4v) is 2.59. The van der Waals surface area contributed by atoms with Crippen LogP contribution in [0.3, 0.4) is 0 Å². The first-order valence-corrected chi connectivity index (χ1v) is 5.62. The average Bonchev–Trinajstić information content (AvgIpc) is 2.71. The van der Waals surface area contributed by atoms with Crippen molar-refractivity contribution in [2.75, 3.05) is 7.05 Å². The molecule has 0 bridgehead atoms. The minimum absolute atomic E-state index is 0.708. The Morgan fingerprint density at radius 1 is 1.43 bits per heavy atom. The molecule has 0 aromatic carbocycles. The van der Waals surface area contributed by atoms with Crippen molar-refractivity contribution in [1.82, 2.24) is 10.3 Å². The van der Waals surface area contributed by atoms with Crippen molar-refractivity contribution in [3.63, 3.8) is 0 Å². The van der Waals surface area contributed by atoms with E-state index in [1.54, 1.807) is 0 Å². The van der Waals surface area contributed by atoms with E-state index in [0.29, 0.717) is 6.04 Å². The maximum absolute atomic E-state index is 3.40. The molecule has 1 aliphatic rings. The Hall–Kier alpha value is -0.760. The van der Waals surface area contributed by atoms with Crippen molar-refractivity contribution >= 4 is 0 Å². The summed E-state index contributed by atoms with van der Waals surface area (Å²) in [7, 11) is 2.08.